The highest BCUT2D eigenvalue weighted by molar-refractivity contribution is 5.56. The van der Waals surface area contributed by atoms with Crippen LogP contribution in [0.25, 0.3) is 0 Å². The Kier molecular flexibility index (Phi) is 2.84. The molecule has 1 aliphatic rings. The minimum Gasteiger partial charge on any atom is -0.466 e. The highest BCUT2D eigenvalue weighted by Crippen LogP contribution is 2.30. The quantitative estimate of drug-likeness (QED) is 0.881. The lowest BCUT2D eigenvalue weighted by Crippen LogP contribution is -2.24. The van der Waals surface area contributed by atoms with Gasteiger partial charge in [-0.3, -0.25) is 0 Å². The summed E-state index contributed by atoms with van der Waals surface area (Å²) < 4.78 is 5.25. The fourth-order valence-electron chi connectivity index (χ4n) is 2.59. The van der Waals surface area contributed by atoms with Crippen molar-refractivity contribution in [2.75, 3.05) is 18.5 Å². The van der Waals surface area contributed by atoms with Gasteiger partial charge in [-0.25, -0.2) is 0 Å². The first-order chi connectivity index (χ1) is 8.75. The Hall–Kier alpha value is -1.74. The van der Waals surface area contributed by atoms with Crippen molar-refractivity contribution in [3.63, 3.8) is 0 Å². The third kappa shape index (κ3) is 1.91. The molecule has 18 heavy (non-hydrogen) atoms. The third-order valence-electron chi connectivity index (χ3n) is 3.58. The van der Waals surface area contributed by atoms with Crippen molar-refractivity contribution in [1.29, 1.82) is 0 Å². The van der Waals surface area contributed by atoms with E-state index in [0.29, 0.717) is 5.76 Å². The molecule has 1 unspecified atom stereocenters. The number of aliphatic hydroxyl groups excluding tert-OH is 1. The number of nitrogens with zero attached hydrogens (tertiary/aromatic N) is 1. The number of anilines is 1. The average molecular weight is 243 g/mol. The molecule has 0 amide bonds. The third-order valence-corrected chi connectivity index (χ3v) is 3.58. The summed E-state index contributed by atoms with van der Waals surface area (Å²) in [6.07, 6.45) is 3.17. The molecule has 1 atom stereocenters. The molecule has 94 valence electrons. The number of benzene rings is 1. The smallest absolute Gasteiger partial charge is 0.137 e. The molecule has 2 aromatic rings. The Labute approximate surface area is 107 Å². The topological polar surface area (TPSA) is 36.6 Å². The second kappa shape index (κ2) is 4.50. The van der Waals surface area contributed by atoms with Gasteiger partial charge in [0.1, 0.15) is 11.9 Å². The predicted octanol–water partition coefficient (Wildman–Crippen LogP) is 2.74. The van der Waals surface area contributed by atoms with Crippen LogP contribution in [0.15, 0.2) is 41.0 Å². The fourth-order valence-corrected chi connectivity index (χ4v) is 2.59. The van der Waals surface area contributed by atoms with Crippen molar-refractivity contribution in [3.8, 4) is 0 Å². The molecule has 0 fully saturated rings. The number of hydrogen-bond donors (Lipinski definition) is 1. The second-order valence-electron chi connectivity index (χ2n) is 4.83. The van der Waals surface area contributed by atoms with Crippen molar-refractivity contribution in [2.45, 2.75) is 18.9 Å². The Bertz CT molecular complexity index is 533. The molecule has 0 saturated heterocycles. The van der Waals surface area contributed by atoms with E-state index in [4.69, 9.17) is 4.42 Å². The Morgan fingerprint density at radius 2 is 2.22 bits per heavy atom. The van der Waals surface area contributed by atoms with Crippen LogP contribution in [0.4, 0.5) is 5.69 Å². The van der Waals surface area contributed by atoms with Gasteiger partial charge in [0.2, 0.25) is 0 Å². The number of rotatable bonds is 2. The van der Waals surface area contributed by atoms with Gasteiger partial charge in [0.15, 0.2) is 0 Å². The van der Waals surface area contributed by atoms with Crippen LogP contribution in [0.1, 0.15) is 29.4 Å². The van der Waals surface area contributed by atoms with E-state index in [1.807, 2.05) is 6.07 Å². The van der Waals surface area contributed by atoms with E-state index < -0.39 is 6.10 Å². The van der Waals surface area contributed by atoms with Crippen LogP contribution in [-0.4, -0.2) is 18.7 Å². The minimum atomic E-state index is -0.669. The van der Waals surface area contributed by atoms with Gasteiger partial charge in [-0.2, -0.15) is 0 Å². The first-order valence-electron chi connectivity index (χ1n) is 6.31. The molecule has 2 heterocycles. The van der Waals surface area contributed by atoms with Crippen molar-refractivity contribution in [2.24, 2.45) is 0 Å². The van der Waals surface area contributed by atoms with Crippen LogP contribution in [0.2, 0.25) is 0 Å². The molecule has 1 N–H and O–H groups in total. The van der Waals surface area contributed by atoms with Crippen molar-refractivity contribution in [3.05, 3.63) is 53.5 Å². The average Bonchev–Trinajstić information content (AvgIpc) is 2.91. The van der Waals surface area contributed by atoms with Gasteiger partial charge in [-0.05, 0) is 42.2 Å². The van der Waals surface area contributed by atoms with Crippen molar-refractivity contribution < 1.29 is 9.52 Å². The summed E-state index contributed by atoms with van der Waals surface area (Å²) in [6, 6.07) is 9.77. The molecule has 0 saturated carbocycles. The highest BCUT2D eigenvalue weighted by atomic mass is 16.4. The van der Waals surface area contributed by atoms with Crippen molar-refractivity contribution in [1.82, 2.24) is 0 Å². The molecule has 1 aromatic heterocycles. The van der Waals surface area contributed by atoms with E-state index in [-0.39, 0.29) is 0 Å². The fraction of sp³-hybridized carbons (Fsp3) is 0.333. The maximum absolute atomic E-state index is 10.2. The maximum Gasteiger partial charge on any atom is 0.137 e. The van der Waals surface area contributed by atoms with Crippen LogP contribution in [-0.2, 0) is 6.42 Å². The normalized spacial score (nSPS) is 16.4. The van der Waals surface area contributed by atoms with Gasteiger partial charge in [0, 0.05) is 19.3 Å². The molecular formula is C15H17NO2. The lowest BCUT2D eigenvalue weighted by molar-refractivity contribution is 0.189. The van der Waals surface area contributed by atoms with Crippen LogP contribution in [0, 0.1) is 0 Å². The van der Waals surface area contributed by atoms with E-state index in [2.05, 4.69) is 24.1 Å². The Balaban J connectivity index is 1.95. The van der Waals surface area contributed by atoms with Gasteiger partial charge in [0.25, 0.3) is 0 Å². The molecule has 1 aromatic carbocycles. The van der Waals surface area contributed by atoms with Crippen LogP contribution < -0.4 is 4.90 Å². The minimum absolute atomic E-state index is 0.596. The summed E-state index contributed by atoms with van der Waals surface area (Å²) in [5, 5.41) is 10.2. The van der Waals surface area contributed by atoms with Gasteiger partial charge in [-0.1, -0.05) is 12.1 Å². The zero-order valence-electron chi connectivity index (χ0n) is 10.5. The number of aryl methyl sites for hydroxylation is 1. The lowest BCUT2D eigenvalue weighted by Gasteiger charge is -2.28. The van der Waals surface area contributed by atoms with E-state index in [0.717, 1.165) is 18.5 Å². The zero-order valence-corrected chi connectivity index (χ0v) is 10.5. The number of hydrogen-bond acceptors (Lipinski definition) is 3. The van der Waals surface area contributed by atoms with Gasteiger partial charge >= 0.3 is 0 Å². The summed E-state index contributed by atoms with van der Waals surface area (Å²) in [5.74, 6) is 0.596. The van der Waals surface area contributed by atoms with Crippen LogP contribution >= 0.6 is 0 Å². The van der Waals surface area contributed by atoms with Crippen LogP contribution in [0.5, 0.6) is 0 Å². The van der Waals surface area contributed by atoms with E-state index in [1.165, 1.54) is 17.7 Å². The summed E-state index contributed by atoms with van der Waals surface area (Å²) in [6.45, 7) is 1.10. The maximum atomic E-state index is 10.2. The van der Waals surface area contributed by atoms with Gasteiger partial charge in [-0.15, -0.1) is 0 Å². The largest absolute Gasteiger partial charge is 0.466 e. The highest BCUT2D eigenvalue weighted by Gasteiger charge is 2.18. The molecular weight excluding hydrogens is 226 g/mol. The Morgan fingerprint density at radius 3 is 3.00 bits per heavy atom. The molecule has 3 heteroatoms. The number of aliphatic hydroxyl groups is 1. The van der Waals surface area contributed by atoms with E-state index in [1.54, 1.807) is 18.4 Å². The zero-order chi connectivity index (χ0) is 12.5. The monoisotopic (exact) mass is 243 g/mol. The Morgan fingerprint density at radius 1 is 1.33 bits per heavy atom. The molecule has 0 radical (unpaired) electrons. The number of furan rings is 1. The first kappa shape index (κ1) is 11.4. The molecule has 1 aliphatic heterocycles. The predicted molar refractivity (Wildman–Crippen MR) is 70.8 cm³/mol. The number of fused-ring (bicyclic) bond motifs is 1. The summed E-state index contributed by atoms with van der Waals surface area (Å²) in [4.78, 5) is 2.27. The van der Waals surface area contributed by atoms with Crippen molar-refractivity contribution >= 4 is 5.69 Å². The lowest BCUT2D eigenvalue weighted by atomic mass is 9.97. The van der Waals surface area contributed by atoms with Gasteiger partial charge in [0.05, 0.1) is 6.26 Å². The van der Waals surface area contributed by atoms with E-state index in [9.17, 15) is 5.11 Å². The summed E-state index contributed by atoms with van der Waals surface area (Å²) in [5.41, 5.74) is 3.49. The van der Waals surface area contributed by atoms with Crippen LogP contribution in [0.3, 0.4) is 0 Å². The summed E-state index contributed by atoms with van der Waals surface area (Å²) >= 11 is 0. The standard InChI is InChI=1S/C15H17NO2/c1-16-8-2-4-11-10-12(6-7-13(11)16)15(17)14-5-3-9-18-14/h3,5-7,9-10,15,17H,2,4,8H2,1H3. The van der Waals surface area contributed by atoms with Gasteiger partial charge < -0.3 is 14.4 Å². The molecule has 3 nitrogen and oxygen atoms in total. The second-order valence-corrected chi connectivity index (χ2v) is 4.83. The molecule has 0 aliphatic carbocycles. The molecule has 3 rings (SSSR count). The SMILES string of the molecule is CN1CCCc2cc(C(O)c3ccco3)ccc21. The van der Waals surface area contributed by atoms with E-state index >= 15 is 0 Å². The molecule has 0 bridgehead atoms. The molecule has 0 spiro atoms. The first-order valence-corrected chi connectivity index (χ1v) is 6.31. The summed E-state index contributed by atoms with van der Waals surface area (Å²) in [7, 11) is 2.11.